The van der Waals surface area contributed by atoms with Crippen molar-refractivity contribution in [1.82, 2.24) is 9.78 Å². The van der Waals surface area contributed by atoms with Crippen molar-refractivity contribution < 1.29 is 17.6 Å². The van der Waals surface area contributed by atoms with Gasteiger partial charge in [-0.05, 0) is 47.2 Å². The summed E-state index contributed by atoms with van der Waals surface area (Å²) in [6, 6.07) is 18.7. The van der Waals surface area contributed by atoms with Crippen LogP contribution >= 0.6 is 0 Å². The van der Waals surface area contributed by atoms with Gasteiger partial charge >= 0.3 is 0 Å². The quantitative estimate of drug-likeness (QED) is 0.545. The van der Waals surface area contributed by atoms with Crippen LogP contribution < -0.4 is 5.32 Å². The first-order valence-corrected chi connectivity index (χ1v) is 11.1. The summed E-state index contributed by atoms with van der Waals surface area (Å²) in [4.78, 5) is 13.0. The lowest BCUT2D eigenvalue weighted by Gasteiger charge is -2.11. The fraction of sp³-hybridized carbons (Fsp3) is 0.0909. The van der Waals surface area contributed by atoms with Crippen molar-refractivity contribution in [1.29, 1.82) is 0 Å². The van der Waals surface area contributed by atoms with Crippen molar-refractivity contribution in [2.75, 3.05) is 5.32 Å². The van der Waals surface area contributed by atoms with Gasteiger partial charge in [0.2, 0.25) is 0 Å². The predicted octanol–water partition coefficient (Wildman–Crippen LogP) is 3.85. The van der Waals surface area contributed by atoms with Crippen molar-refractivity contribution in [3.63, 3.8) is 0 Å². The molecule has 5 rings (SSSR count). The van der Waals surface area contributed by atoms with Gasteiger partial charge in [0.15, 0.2) is 9.84 Å². The van der Waals surface area contributed by atoms with Crippen LogP contribution in [0.3, 0.4) is 0 Å². The molecule has 150 valence electrons. The Labute approximate surface area is 171 Å². The second kappa shape index (κ2) is 6.77. The Morgan fingerprint density at radius 2 is 1.70 bits per heavy atom. The SMILES string of the molecule is O=C(Nc1c2c(nn1-c1ccc(F)cc1)CS(=O)(=O)C2)c1ccc2ccccc2c1. The van der Waals surface area contributed by atoms with Crippen LogP contribution in [0.2, 0.25) is 0 Å². The highest BCUT2D eigenvalue weighted by molar-refractivity contribution is 7.90. The van der Waals surface area contributed by atoms with Crippen LogP contribution in [-0.4, -0.2) is 24.1 Å². The summed E-state index contributed by atoms with van der Waals surface area (Å²) in [6.07, 6.45) is 0. The first kappa shape index (κ1) is 18.5. The molecular formula is C22H16FN3O3S. The molecule has 4 aromatic rings. The maximum atomic E-state index is 13.3. The zero-order chi connectivity index (χ0) is 20.9. The van der Waals surface area contributed by atoms with Gasteiger partial charge in [-0.1, -0.05) is 30.3 Å². The summed E-state index contributed by atoms with van der Waals surface area (Å²) in [6.45, 7) is 0. The first-order chi connectivity index (χ1) is 14.4. The van der Waals surface area contributed by atoms with E-state index in [1.54, 1.807) is 12.1 Å². The van der Waals surface area contributed by atoms with Gasteiger partial charge in [0.25, 0.3) is 5.91 Å². The number of hydrogen-bond acceptors (Lipinski definition) is 4. The number of aromatic nitrogens is 2. The van der Waals surface area contributed by atoms with E-state index in [9.17, 15) is 17.6 Å². The Balaban J connectivity index is 1.57. The Morgan fingerprint density at radius 3 is 2.47 bits per heavy atom. The van der Waals surface area contributed by atoms with Gasteiger partial charge < -0.3 is 5.32 Å². The third kappa shape index (κ3) is 3.25. The molecule has 1 aliphatic heterocycles. The van der Waals surface area contributed by atoms with Crippen molar-refractivity contribution in [2.24, 2.45) is 0 Å². The normalized spacial score (nSPS) is 14.6. The predicted molar refractivity (Wildman–Crippen MR) is 112 cm³/mol. The highest BCUT2D eigenvalue weighted by Gasteiger charge is 2.33. The molecule has 0 radical (unpaired) electrons. The third-order valence-corrected chi connectivity index (χ3v) is 6.54. The number of amides is 1. The van der Waals surface area contributed by atoms with E-state index in [4.69, 9.17) is 0 Å². The number of rotatable bonds is 3. The molecule has 0 atom stereocenters. The standard InChI is InChI=1S/C22H16FN3O3S/c23-17-7-9-18(10-8-17)26-21(19-12-30(28,29)13-20(19)25-26)24-22(27)16-6-5-14-3-1-2-4-15(14)11-16/h1-11H,12-13H2,(H,24,27). The molecule has 0 fully saturated rings. The summed E-state index contributed by atoms with van der Waals surface area (Å²) < 4.78 is 39.0. The van der Waals surface area contributed by atoms with E-state index in [1.165, 1.54) is 28.9 Å². The van der Waals surface area contributed by atoms with Gasteiger partial charge in [0.05, 0.1) is 22.9 Å². The van der Waals surface area contributed by atoms with Crippen LogP contribution in [-0.2, 0) is 21.3 Å². The summed E-state index contributed by atoms with van der Waals surface area (Å²) in [7, 11) is -3.31. The highest BCUT2D eigenvalue weighted by Crippen LogP contribution is 2.33. The summed E-state index contributed by atoms with van der Waals surface area (Å²) >= 11 is 0. The smallest absolute Gasteiger partial charge is 0.256 e. The van der Waals surface area contributed by atoms with Gasteiger partial charge in [-0.3, -0.25) is 4.79 Å². The van der Waals surface area contributed by atoms with E-state index in [0.29, 0.717) is 22.5 Å². The highest BCUT2D eigenvalue weighted by atomic mass is 32.2. The largest absolute Gasteiger partial charge is 0.306 e. The van der Waals surface area contributed by atoms with Crippen LogP contribution in [0.1, 0.15) is 21.6 Å². The van der Waals surface area contributed by atoms with Crippen LogP contribution in [0.5, 0.6) is 0 Å². The molecule has 30 heavy (non-hydrogen) atoms. The van der Waals surface area contributed by atoms with Crippen molar-refractivity contribution in [3.05, 3.63) is 89.4 Å². The number of sulfone groups is 1. The van der Waals surface area contributed by atoms with E-state index < -0.39 is 15.7 Å². The Bertz CT molecular complexity index is 1410. The second-order valence-corrected chi connectivity index (χ2v) is 9.27. The Hall–Kier alpha value is -3.52. The minimum atomic E-state index is -3.31. The molecule has 8 heteroatoms. The van der Waals surface area contributed by atoms with Gasteiger partial charge in [-0.2, -0.15) is 5.10 Å². The maximum Gasteiger partial charge on any atom is 0.256 e. The first-order valence-electron chi connectivity index (χ1n) is 9.27. The molecule has 6 nitrogen and oxygen atoms in total. The van der Waals surface area contributed by atoms with Crippen LogP contribution in [0.25, 0.3) is 16.5 Å². The minimum Gasteiger partial charge on any atom is -0.306 e. The number of nitrogens with one attached hydrogen (secondary N) is 1. The Kier molecular flexibility index (Phi) is 4.18. The Morgan fingerprint density at radius 1 is 0.967 bits per heavy atom. The lowest BCUT2D eigenvalue weighted by molar-refractivity contribution is 0.102. The van der Waals surface area contributed by atoms with Gasteiger partial charge in [-0.15, -0.1) is 0 Å². The fourth-order valence-electron chi connectivity index (χ4n) is 3.65. The number of carbonyl (C=O) groups is 1. The molecular weight excluding hydrogens is 405 g/mol. The van der Waals surface area contributed by atoms with Crippen LogP contribution in [0, 0.1) is 5.82 Å². The zero-order valence-corrected chi connectivity index (χ0v) is 16.5. The van der Waals surface area contributed by atoms with Gasteiger partial charge in [0.1, 0.15) is 11.6 Å². The van der Waals surface area contributed by atoms with Gasteiger partial charge in [-0.25, -0.2) is 17.5 Å². The lowest BCUT2D eigenvalue weighted by Crippen LogP contribution is -2.17. The maximum absolute atomic E-state index is 13.3. The molecule has 0 aliphatic carbocycles. The van der Waals surface area contributed by atoms with Crippen molar-refractivity contribution in [2.45, 2.75) is 11.5 Å². The number of anilines is 1. The summed E-state index contributed by atoms with van der Waals surface area (Å²) in [5.74, 6) is -0.874. The number of nitrogens with zero attached hydrogens (tertiary/aromatic N) is 2. The molecule has 3 aromatic carbocycles. The van der Waals surface area contributed by atoms with E-state index in [2.05, 4.69) is 10.4 Å². The number of carbonyl (C=O) groups excluding carboxylic acids is 1. The molecule has 0 spiro atoms. The molecule has 2 heterocycles. The average molecular weight is 421 g/mol. The molecule has 0 unspecified atom stereocenters. The second-order valence-electron chi connectivity index (χ2n) is 7.21. The number of halogens is 1. The molecule has 1 amide bonds. The topological polar surface area (TPSA) is 81.1 Å². The van der Waals surface area contributed by atoms with E-state index in [-0.39, 0.29) is 23.2 Å². The van der Waals surface area contributed by atoms with E-state index in [0.717, 1.165) is 10.8 Å². The third-order valence-electron chi connectivity index (χ3n) is 5.10. The molecule has 0 saturated carbocycles. The molecule has 1 aliphatic rings. The summed E-state index contributed by atoms with van der Waals surface area (Å²) in [5.41, 5.74) is 1.83. The number of benzene rings is 3. The van der Waals surface area contributed by atoms with Crippen molar-refractivity contribution in [3.8, 4) is 5.69 Å². The van der Waals surface area contributed by atoms with E-state index in [1.807, 2.05) is 30.3 Å². The molecule has 1 N–H and O–H groups in total. The minimum absolute atomic E-state index is 0.185. The lowest BCUT2D eigenvalue weighted by atomic mass is 10.1. The van der Waals surface area contributed by atoms with Gasteiger partial charge in [0, 0.05) is 11.1 Å². The number of fused-ring (bicyclic) bond motifs is 2. The van der Waals surface area contributed by atoms with E-state index >= 15 is 0 Å². The molecule has 0 bridgehead atoms. The fourth-order valence-corrected chi connectivity index (χ4v) is 5.14. The zero-order valence-electron chi connectivity index (χ0n) is 15.7. The average Bonchev–Trinajstić information content (AvgIpc) is 3.20. The van der Waals surface area contributed by atoms with Crippen LogP contribution in [0.15, 0.2) is 66.7 Å². The monoisotopic (exact) mass is 421 g/mol. The van der Waals surface area contributed by atoms with Crippen molar-refractivity contribution >= 4 is 32.3 Å². The molecule has 1 aromatic heterocycles. The summed E-state index contributed by atoms with van der Waals surface area (Å²) in [5, 5.41) is 9.14. The molecule has 0 saturated heterocycles. The number of hydrogen-bond donors (Lipinski definition) is 1. The van der Waals surface area contributed by atoms with Crippen LogP contribution in [0.4, 0.5) is 10.2 Å².